The van der Waals surface area contributed by atoms with Gasteiger partial charge in [-0.3, -0.25) is 13.9 Å². The zero-order chi connectivity index (χ0) is 31.7. The predicted octanol–water partition coefficient (Wildman–Crippen LogP) is 6.82. The van der Waals surface area contributed by atoms with Gasteiger partial charge in [0.2, 0.25) is 11.8 Å². The van der Waals surface area contributed by atoms with Gasteiger partial charge in [-0.25, -0.2) is 8.42 Å². The highest BCUT2D eigenvalue weighted by Crippen LogP contribution is 2.28. The van der Waals surface area contributed by atoms with Crippen LogP contribution in [0.3, 0.4) is 0 Å². The molecule has 0 saturated carbocycles. The van der Waals surface area contributed by atoms with Gasteiger partial charge in [0.15, 0.2) is 0 Å². The van der Waals surface area contributed by atoms with Gasteiger partial charge in [0, 0.05) is 28.2 Å². The molecule has 3 aromatic rings. The minimum absolute atomic E-state index is 0.0411. The molecule has 0 spiro atoms. The van der Waals surface area contributed by atoms with Crippen LogP contribution in [0.25, 0.3) is 0 Å². The summed E-state index contributed by atoms with van der Waals surface area (Å²) in [5.41, 5.74) is 0.802. The molecule has 0 aliphatic carbocycles. The summed E-state index contributed by atoms with van der Waals surface area (Å²) in [7, 11) is -4.24. The van der Waals surface area contributed by atoms with Crippen molar-refractivity contribution in [2.45, 2.75) is 51.6 Å². The lowest BCUT2D eigenvalue weighted by Crippen LogP contribution is -2.52. The number of nitrogens with one attached hydrogen (secondary N) is 1. The molecule has 3 rings (SSSR count). The molecule has 0 fully saturated rings. The number of sulfonamides is 1. The van der Waals surface area contributed by atoms with E-state index >= 15 is 0 Å². The quantitative estimate of drug-likeness (QED) is 0.203. The smallest absolute Gasteiger partial charge is 0.264 e. The number of hydrogen-bond donors (Lipinski definition) is 1. The van der Waals surface area contributed by atoms with E-state index in [1.54, 1.807) is 49.4 Å². The molecule has 3 aromatic carbocycles. The normalized spacial score (nSPS) is 12.1. The van der Waals surface area contributed by atoms with Gasteiger partial charge in [-0.2, -0.15) is 0 Å². The molecule has 1 atom stereocenters. The Morgan fingerprint density at radius 2 is 1.53 bits per heavy atom. The maximum atomic E-state index is 14.2. The molecule has 0 aliphatic heterocycles. The molecule has 0 aliphatic rings. The molecule has 0 bridgehead atoms. The maximum Gasteiger partial charge on any atom is 0.264 e. The molecule has 8 nitrogen and oxygen atoms in total. The van der Waals surface area contributed by atoms with Gasteiger partial charge in [-0.1, -0.05) is 61.6 Å². The largest absolute Gasteiger partial charge is 0.494 e. The fourth-order valence-electron chi connectivity index (χ4n) is 4.31. The van der Waals surface area contributed by atoms with E-state index in [2.05, 4.69) is 5.32 Å². The van der Waals surface area contributed by atoms with Crippen LogP contribution >= 0.6 is 34.8 Å². The highest BCUT2D eigenvalue weighted by Gasteiger charge is 2.34. The van der Waals surface area contributed by atoms with Crippen LogP contribution in [0.1, 0.15) is 39.7 Å². The Balaban J connectivity index is 2.07. The Bertz CT molecular complexity index is 1500. The van der Waals surface area contributed by atoms with Crippen LogP contribution in [0, 0.1) is 5.92 Å². The number of carbonyl (C=O) groups is 2. The Kier molecular flexibility index (Phi) is 12.6. The highest BCUT2D eigenvalue weighted by atomic mass is 35.5. The lowest BCUT2D eigenvalue weighted by molar-refractivity contribution is -0.140. The van der Waals surface area contributed by atoms with E-state index in [0.717, 1.165) is 4.31 Å². The maximum absolute atomic E-state index is 14.2. The molecule has 0 radical (unpaired) electrons. The first-order valence-electron chi connectivity index (χ1n) is 13.9. The molecule has 0 aromatic heterocycles. The van der Waals surface area contributed by atoms with E-state index in [4.69, 9.17) is 39.5 Å². The summed E-state index contributed by atoms with van der Waals surface area (Å²) in [6.45, 7) is 7.79. The molecule has 232 valence electrons. The summed E-state index contributed by atoms with van der Waals surface area (Å²) >= 11 is 18.6. The van der Waals surface area contributed by atoms with Crippen LogP contribution in [0.2, 0.25) is 15.1 Å². The number of amides is 2. The second-order valence-corrected chi connectivity index (χ2v) is 13.4. The molecular weight excluding hydrogens is 633 g/mol. The third-order valence-electron chi connectivity index (χ3n) is 6.54. The van der Waals surface area contributed by atoms with Crippen molar-refractivity contribution >= 4 is 62.3 Å². The summed E-state index contributed by atoms with van der Waals surface area (Å²) < 4.78 is 34.5. The van der Waals surface area contributed by atoms with Gasteiger partial charge in [-0.15, -0.1) is 0 Å². The van der Waals surface area contributed by atoms with E-state index in [1.165, 1.54) is 29.2 Å². The standard InChI is InChI=1S/C31H36Cl3N3O5S/c1-5-29(31(39)35-18-21(3)4)36(19-22-7-8-24(33)17-28(22)34)30(38)20-37(25-11-13-26(14-12-25)42-6-2)43(40,41)27-15-9-23(32)10-16-27/h7-17,21,29H,5-6,18-20H2,1-4H3,(H,35,39)/t29-/m0/s1. The van der Waals surface area contributed by atoms with Crippen LogP contribution in [0.4, 0.5) is 5.69 Å². The second-order valence-electron chi connectivity index (χ2n) is 10.2. The molecule has 0 unspecified atom stereocenters. The van der Waals surface area contributed by atoms with Crippen molar-refractivity contribution in [2.75, 3.05) is 24.0 Å². The van der Waals surface area contributed by atoms with Gasteiger partial charge in [0.1, 0.15) is 18.3 Å². The lowest BCUT2D eigenvalue weighted by Gasteiger charge is -2.33. The van der Waals surface area contributed by atoms with Crippen LogP contribution < -0.4 is 14.4 Å². The summed E-state index contributed by atoms with van der Waals surface area (Å²) in [6.07, 6.45) is 0.286. The monoisotopic (exact) mass is 667 g/mol. The van der Waals surface area contributed by atoms with Crippen molar-refractivity contribution < 1.29 is 22.7 Å². The second kappa shape index (κ2) is 15.7. The Morgan fingerprint density at radius 1 is 0.907 bits per heavy atom. The number of ether oxygens (including phenoxy) is 1. The SMILES string of the molecule is CCOc1ccc(N(CC(=O)N(Cc2ccc(Cl)cc2Cl)[C@@H](CC)C(=O)NCC(C)C)S(=O)(=O)c2ccc(Cl)cc2)cc1. The first kappa shape index (κ1) is 34.5. The van der Waals surface area contributed by atoms with Gasteiger partial charge in [-0.05, 0) is 85.5 Å². The average molecular weight is 669 g/mol. The van der Waals surface area contributed by atoms with Crippen LogP contribution in [0.5, 0.6) is 5.75 Å². The minimum atomic E-state index is -4.24. The fraction of sp³-hybridized carbons (Fsp3) is 0.355. The molecular formula is C31H36Cl3N3O5S. The third kappa shape index (κ3) is 9.25. The van der Waals surface area contributed by atoms with Crippen LogP contribution in [0.15, 0.2) is 71.6 Å². The number of rotatable bonds is 14. The number of benzene rings is 3. The summed E-state index contributed by atoms with van der Waals surface area (Å²) in [5.74, 6) is -0.198. The van der Waals surface area contributed by atoms with Crippen molar-refractivity contribution in [1.29, 1.82) is 0 Å². The Morgan fingerprint density at radius 3 is 2.09 bits per heavy atom. The van der Waals surface area contributed by atoms with Crippen LogP contribution in [-0.4, -0.2) is 50.9 Å². The molecule has 0 heterocycles. The van der Waals surface area contributed by atoms with E-state index in [1.807, 2.05) is 20.8 Å². The van der Waals surface area contributed by atoms with E-state index in [-0.39, 0.29) is 35.4 Å². The molecule has 43 heavy (non-hydrogen) atoms. The first-order chi connectivity index (χ1) is 20.4. The predicted molar refractivity (Wildman–Crippen MR) is 173 cm³/mol. The lowest BCUT2D eigenvalue weighted by atomic mass is 10.1. The van der Waals surface area contributed by atoms with Gasteiger partial charge >= 0.3 is 0 Å². The number of halogens is 3. The minimum Gasteiger partial charge on any atom is -0.494 e. The van der Waals surface area contributed by atoms with Crippen molar-refractivity contribution in [3.63, 3.8) is 0 Å². The zero-order valence-corrected chi connectivity index (χ0v) is 27.6. The summed E-state index contributed by atoms with van der Waals surface area (Å²) in [5, 5.41) is 4.00. The fourth-order valence-corrected chi connectivity index (χ4v) is 6.32. The van der Waals surface area contributed by atoms with E-state index in [0.29, 0.717) is 39.5 Å². The third-order valence-corrected chi connectivity index (χ3v) is 9.17. The Hall–Kier alpha value is -2.98. The van der Waals surface area contributed by atoms with E-state index < -0.39 is 28.5 Å². The van der Waals surface area contributed by atoms with Gasteiger partial charge in [0.25, 0.3) is 10.0 Å². The molecule has 0 saturated heterocycles. The van der Waals surface area contributed by atoms with Gasteiger partial charge in [0.05, 0.1) is 17.2 Å². The zero-order valence-electron chi connectivity index (χ0n) is 24.5. The van der Waals surface area contributed by atoms with Gasteiger partial charge < -0.3 is 15.0 Å². The van der Waals surface area contributed by atoms with Crippen molar-refractivity contribution in [1.82, 2.24) is 10.2 Å². The number of hydrogen-bond acceptors (Lipinski definition) is 5. The van der Waals surface area contributed by atoms with Crippen molar-refractivity contribution in [2.24, 2.45) is 5.92 Å². The Labute approximate surface area is 268 Å². The topological polar surface area (TPSA) is 96.0 Å². The first-order valence-corrected chi connectivity index (χ1v) is 16.5. The van der Waals surface area contributed by atoms with Crippen LogP contribution in [-0.2, 0) is 26.2 Å². The average Bonchev–Trinajstić information content (AvgIpc) is 2.96. The highest BCUT2D eigenvalue weighted by molar-refractivity contribution is 7.92. The number of nitrogens with zero attached hydrogens (tertiary/aromatic N) is 2. The molecule has 12 heteroatoms. The van der Waals surface area contributed by atoms with Crippen molar-refractivity contribution in [3.8, 4) is 5.75 Å². The van der Waals surface area contributed by atoms with E-state index in [9.17, 15) is 18.0 Å². The summed E-state index contributed by atoms with van der Waals surface area (Å²) in [4.78, 5) is 28.8. The van der Waals surface area contributed by atoms with Crippen molar-refractivity contribution in [3.05, 3.63) is 87.4 Å². The number of carbonyl (C=O) groups excluding carboxylic acids is 2. The summed E-state index contributed by atoms with van der Waals surface area (Å²) in [6, 6.07) is 16.1. The number of anilines is 1. The molecule has 2 amide bonds. The molecule has 1 N–H and O–H groups in total.